The van der Waals surface area contributed by atoms with Crippen LogP contribution in [0, 0.1) is 0 Å². The zero-order chi connectivity index (χ0) is 20.1. The number of piperazine rings is 1. The summed E-state index contributed by atoms with van der Waals surface area (Å²) in [6.45, 7) is 6.14. The lowest BCUT2D eigenvalue weighted by atomic mass is 9.94. The molecule has 0 atom stereocenters. The first kappa shape index (κ1) is 20.4. The molecule has 0 aromatic heterocycles. The fourth-order valence-corrected chi connectivity index (χ4v) is 4.97. The van der Waals surface area contributed by atoms with Crippen molar-refractivity contribution >= 4 is 17.5 Å². The molecular formula is C23H34N4O2. The molecule has 158 valence electrons. The van der Waals surface area contributed by atoms with Crippen molar-refractivity contribution in [2.45, 2.75) is 51.0 Å². The number of nitrogens with one attached hydrogen (secondary N) is 1. The van der Waals surface area contributed by atoms with Crippen LogP contribution in [0.2, 0.25) is 0 Å². The standard InChI is InChI=1S/C23H34N4O2/c28-22(18-25-13-15-26(16-14-25)21-9-2-1-3-10-21)24-20-8-6-7-19(17-20)23(29)27-11-4-5-12-27/h6-8,17,21H,1-5,9-16,18H2,(H,24,28). The molecule has 3 fully saturated rings. The van der Waals surface area contributed by atoms with Crippen molar-refractivity contribution in [3.8, 4) is 0 Å². The molecule has 1 aromatic rings. The van der Waals surface area contributed by atoms with Crippen LogP contribution in [0.4, 0.5) is 5.69 Å². The van der Waals surface area contributed by atoms with E-state index in [0.29, 0.717) is 17.8 Å². The second-order valence-electron chi connectivity index (χ2n) is 8.73. The molecular weight excluding hydrogens is 364 g/mol. The normalized spacial score (nSPS) is 22.0. The third-order valence-corrected chi connectivity index (χ3v) is 6.65. The molecule has 29 heavy (non-hydrogen) atoms. The summed E-state index contributed by atoms with van der Waals surface area (Å²) in [5, 5.41) is 2.98. The van der Waals surface area contributed by atoms with E-state index in [-0.39, 0.29) is 11.8 Å². The third kappa shape index (κ3) is 5.37. The van der Waals surface area contributed by atoms with Gasteiger partial charge in [-0.1, -0.05) is 25.3 Å². The van der Waals surface area contributed by atoms with Crippen LogP contribution in [0.15, 0.2) is 24.3 Å². The monoisotopic (exact) mass is 398 g/mol. The van der Waals surface area contributed by atoms with Gasteiger partial charge in [-0.3, -0.25) is 19.4 Å². The van der Waals surface area contributed by atoms with Crippen molar-refractivity contribution in [3.05, 3.63) is 29.8 Å². The second kappa shape index (κ2) is 9.72. The van der Waals surface area contributed by atoms with Crippen LogP contribution >= 0.6 is 0 Å². The summed E-state index contributed by atoms with van der Waals surface area (Å²) < 4.78 is 0. The van der Waals surface area contributed by atoms with Gasteiger partial charge in [0, 0.05) is 56.6 Å². The maximum absolute atomic E-state index is 12.6. The minimum absolute atomic E-state index is 0.00175. The number of benzene rings is 1. The van der Waals surface area contributed by atoms with Gasteiger partial charge >= 0.3 is 0 Å². The molecule has 0 unspecified atom stereocenters. The Kier molecular flexibility index (Phi) is 6.82. The second-order valence-corrected chi connectivity index (χ2v) is 8.73. The van der Waals surface area contributed by atoms with Gasteiger partial charge < -0.3 is 10.2 Å². The van der Waals surface area contributed by atoms with Crippen molar-refractivity contribution in [2.24, 2.45) is 0 Å². The zero-order valence-electron chi connectivity index (χ0n) is 17.4. The maximum Gasteiger partial charge on any atom is 0.253 e. The summed E-state index contributed by atoms with van der Waals surface area (Å²) in [6.07, 6.45) is 8.97. The molecule has 2 saturated heterocycles. The highest BCUT2D eigenvalue weighted by molar-refractivity contribution is 5.97. The van der Waals surface area contributed by atoms with Crippen LogP contribution < -0.4 is 5.32 Å². The highest BCUT2D eigenvalue weighted by Gasteiger charge is 2.26. The minimum atomic E-state index is 0.00175. The lowest BCUT2D eigenvalue weighted by molar-refractivity contribution is -0.117. The number of carbonyl (C=O) groups excluding carboxylic acids is 2. The van der Waals surface area contributed by atoms with Crippen molar-refractivity contribution in [2.75, 3.05) is 51.1 Å². The number of anilines is 1. The first-order valence-corrected chi connectivity index (χ1v) is 11.3. The number of amides is 2. The van der Waals surface area contributed by atoms with Crippen LogP contribution in [0.1, 0.15) is 55.3 Å². The molecule has 4 rings (SSSR count). The molecule has 2 aliphatic heterocycles. The SMILES string of the molecule is O=C(CN1CCN(C2CCCCC2)CC1)Nc1cccc(C(=O)N2CCCC2)c1. The lowest BCUT2D eigenvalue weighted by Gasteiger charge is -2.40. The van der Waals surface area contributed by atoms with Gasteiger partial charge in [-0.05, 0) is 43.9 Å². The van der Waals surface area contributed by atoms with Gasteiger partial charge in [0.1, 0.15) is 0 Å². The van der Waals surface area contributed by atoms with E-state index < -0.39 is 0 Å². The van der Waals surface area contributed by atoms with Gasteiger partial charge in [0.15, 0.2) is 0 Å². The Labute approximate surface area is 174 Å². The van der Waals surface area contributed by atoms with Crippen molar-refractivity contribution in [1.29, 1.82) is 0 Å². The summed E-state index contributed by atoms with van der Waals surface area (Å²) in [5.41, 5.74) is 1.37. The summed E-state index contributed by atoms with van der Waals surface area (Å²) >= 11 is 0. The van der Waals surface area contributed by atoms with Crippen molar-refractivity contribution in [3.63, 3.8) is 0 Å². The van der Waals surface area contributed by atoms with Crippen LogP contribution in [0.25, 0.3) is 0 Å². The topological polar surface area (TPSA) is 55.9 Å². The van der Waals surface area contributed by atoms with E-state index in [1.807, 2.05) is 23.1 Å². The molecule has 0 spiro atoms. The van der Waals surface area contributed by atoms with E-state index in [2.05, 4.69) is 15.1 Å². The minimum Gasteiger partial charge on any atom is -0.339 e. The molecule has 1 aromatic carbocycles. The molecule has 1 N–H and O–H groups in total. The fraction of sp³-hybridized carbons (Fsp3) is 0.652. The average molecular weight is 399 g/mol. The summed E-state index contributed by atoms with van der Waals surface area (Å²) in [4.78, 5) is 31.9. The van der Waals surface area contributed by atoms with Gasteiger partial charge in [0.05, 0.1) is 6.54 Å². The molecule has 0 bridgehead atoms. The third-order valence-electron chi connectivity index (χ3n) is 6.65. The quantitative estimate of drug-likeness (QED) is 0.829. The maximum atomic E-state index is 12.6. The summed E-state index contributed by atoms with van der Waals surface area (Å²) in [6, 6.07) is 8.11. The highest BCUT2D eigenvalue weighted by atomic mass is 16.2. The number of carbonyl (C=O) groups is 2. The number of nitrogens with zero attached hydrogens (tertiary/aromatic N) is 3. The lowest BCUT2D eigenvalue weighted by Crippen LogP contribution is -2.52. The number of hydrogen-bond acceptors (Lipinski definition) is 4. The van der Waals surface area contributed by atoms with Gasteiger partial charge in [-0.2, -0.15) is 0 Å². The van der Waals surface area contributed by atoms with Crippen LogP contribution in [-0.4, -0.2) is 78.4 Å². The van der Waals surface area contributed by atoms with Crippen molar-refractivity contribution < 1.29 is 9.59 Å². The molecule has 2 heterocycles. The van der Waals surface area contributed by atoms with Crippen LogP contribution in [-0.2, 0) is 4.79 Å². The number of hydrogen-bond donors (Lipinski definition) is 1. The van der Waals surface area contributed by atoms with E-state index in [0.717, 1.165) is 58.2 Å². The Morgan fingerprint density at radius 1 is 0.897 bits per heavy atom. The van der Waals surface area contributed by atoms with E-state index in [1.54, 1.807) is 6.07 Å². The smallest absolute Gasteiger partial charge is 0.253 e. The van der Waals surface area contributed by atoms with Crippen LogP contribution in [0.3, 0.4) is 0 Å². The average Bonchev–Trinajstić information content (AvgIpc) is 3.29. The Morgan fingerprint density at radius 3 is 2.34 bits per heavy atom. The van der Waals surface area contributed by atoms with Crippen molar-refractivity contribution in [1.82, 2.24) is 14.7 Å². The van der Waals surface area contributed by atoms with Gasteiger partial charge in [0.2, 0.25) is 5.91 Å². The fourth-order valence-electron chi connectivity index (χ4n) is 4.97. The van der Waals surface area contributed by atoms with E-state index in [9.17, 15) is 9.59 Å². The Balaban J connectivity index is 1.24. The van der Waals surface area contributed by atoms with E-state index in [1.165, 1.54) is 32.1 Å². The molecule has 6 heteroatoms. The Morgan fingerprint density at radius 2 is 1.62 bits per heavy atom. The van der Waals surface area contributed by atoms with Gasteiger partial charge in [-0.15, -0.1) is 0 Å². The highest BCUT2D eigenvalue weighted by Crippen LogP contribution is 2.23. The molecule has 1 saturated carbocycles. The van der Waals surface area contributed by atoms with E-state index >= 15 is 0 Å². The summed E-state index contributed by atoms with van der Waals surface area (Å²) in [7, 11) is 0. The zero-order valence-corrected chi connectivity index (χ0v) is 17.4. The van der Waals surface area contributed by atoms with Gasteiger partial charge in [0.25, 0.3) is 5.91 Å². The molecule has 3 aliphatic rings. The van der Waals surface area contributed by atoms with E-state index in [4.69, 9.17) is 0 Å². The predicted octanol–water partition coefficient (Wildman–Crippen LogP) is 2.81. The Hall–Kier alpha value is -1.92. The molecule has 0 radical (unpaired) electrons. The number of rotatable bonds is 5. The number of likely N-dealkylation sites (tertiary alicyclic amines) is 1. The molecule has 2 amide bonds. The largest absolute Gasteiger partial charge is 0.339 e. The predicted molar refractivity (Wildman–Crippen MR) is 115 cm³/mol. The Bertz CT molecular complexity index is 703. The molecule has 6 nitrogen and oxygen atoms in total. The summed E-state index contributed by atoms with van der Waals surface area (Å²) in [5.74, 6) is 0.0688. The van der Waals surface area contributed by atoms with Crippen LogP contribution in [0.5, 0.6) is 0 Å². The molecule has 1 aliphatic carbocycles. The van der Waals surface area contributed by atoms with Gasteiger partial charge in [-0.25, -0.2) is 0 Å². The first-order chi connectivity index (χ1) is 14.2. The first-order valence-electron chi connectivity index (χ1n) is 11.3.